The van der Waals surface area contributed by atoms with Crippen molar-refractivity contribution in [1.82, 2.24) is 14.5 Å². The molecule has 0 unspecified atom stereocenters. The van der Waals surface area contributed by atoms with Crippen LogP contribution in [0.4, 0.5) is 0 Å². The highest BCUT2D eigenvalue weighted by molar-refractivity contribution is 7.90. The predicted octanol–water partition coefficient (Wildman–Crippen LogP) is 3.74. The number of ether oxygens (including phenoxy) is 1. The van der Waals surface area contributed by atoms with Crippen molar-refractivity contribution in [2.75, 3.05) is 13.2 Å². The molecule has 1 atom stereocenters. The molecule has 2 heterocycles. The fraction of sp³-hybridized carbons (Fsp3) is 0.600. The molecule has 8 heteroatoms. The monoisotopic (exact) mass is 473 g/mol. The lowest BCUT2D eigenvalue weighted by molar-refractivity contribution is -0.134. The number of aromatic nitrogens is 2. The van der Waals surface area contributed by atoms with Crippen molar-refractivity contribution < 1.29 is 17.9 Å². The Kier molecular flexibility index (Phi) is 7.24. The number of nitrogens with zero attached hydrogens (tertiary/aromatic N) is 3. The first-order valence-electron chi connectivity index (χ1n) is 12.0. The average Bonchev–Trinajstić information content (AvgIpc) is 3.34. The predicted molar refractivity (Wildman–Crippen MR) is 126 cm³/mol. The van der Waals surface area contributed by atoms with E-state index in [1.165, 1.54) is 0 Å². The Hall–Kier alpha value is -2.19. The van der Waals surface area contributed by atoms with E-state index in [1.54, 1.807) is 10.8 Å². The van der Waals surface area contributed by atoms with Gasteiger partial charge in [-0.2, -0.15) is 0 Å². The number of imidazole rings is 1. The van der Waals surface area contributed by atoms with Gasteiger partial charge in [0.1, 0.15) is 0 Å². The van der Waals surface area contributed by atoms with Crippen LogP contribution in [0.5, 0.6) is 0 Å². The van der Waals surface area contributed by atoms with Gasteiger partial charge in [-0.25, -0.2) is 13.4 Å². The van der Waals surface area contributed by atoms with Gasteiger partial charge in [0.05, 0.1) is 30.3 Å². The van der Waals surface area contributed by atoms with Crippen LogP contribution in [-0.4, -0.2) is 48.0 Å². The maximum atomic E-state index is 13.4. The van der Waals surface area contributed by atoms with Gasteiger partial charge >= 0.3 is 0 Å². The second kappa shape index (κ2) is 9.97. The molecule has 1 amide bonds. The molecule has 180 valence electrons. The quantitative estimate of drug-likeness (QED) is 0.525. The lowest BCUT2D eigenvalue weighted by atomic mass is 10.1. The summed E-state index contributed by atoms with van der Waals surface area (Å²) in [7, 11) is -3.65. The first-order valence-corrected chi connectivity index (χ1v) is 13.6. The van der Waals surface area contributed by atoms with Gasteiger partial charge in [-0.1, -0.05) is 38.1 Å². The van der Waals surface area contributed by atoms with Gasteiger partial charge in [0, 0.05) is 25.6 Å². The highest BCUT2D eigenvalue weighted by atomic mass is 32.2. The molecule has 4 rings (SSSR count). The van der Waals surface area contributed by atoms with E-state index in [2.05, 4.69) is 18.8 Å². The summed E-state index contributed by atoms with van der Waals surface area (Å²) in [5.74, 6) is 0.384. The van der Waals surface area contributed by atoms with E-state index in [1.807, 2.05) is 36.1 Å². The number of sulfone groups is 1. The molecule has 33 heavy (non-hydrogen) atoms. The van der Waals surface area contributed by atoms with Gasteiger partial charge in [0.2, 0.25) is 20.9 Å². The molecule has 2 aromatic rings. The molecule has 0 bridgehead atoms. The minimum absolute atomic E-state index is 0.0541. The number of hydrogen-bond donors (Lipinski definition) is 0. The highest BCUT2D eigenvalue weighted by Gasteiger charge is 2.36. The van der Waals surface area contributed by atoms with Crippen molar-refractivity contribution in [2.45, 2.75) is 76.6 Å². The van der Waals surface area contributed by atoms with E-state index in [9.17, 15) is 13.2 Å². The first kappa shape index (κ1) is 24.0. The lowest BCUT2D eigenvalue weighted by Crippen LogP contribution is -2.38. The van der Waals surface area contributed by atoms with Crippen LogP contribution in [0.3, 0.4) is 0 Å². The summed E-state index contributed by atoms with van der Waals surface area (Å²) in [5.41, 5.74) is 2.49. The molecule has 0 N–H and O–H groups in total. The maximum Gasteiger partial charge on any atom is 0.228 e. The molecule has 0 spiro atoms. The molecule has 1 aromatic carbocycles. The minimum atomic E-state index is -3.65. The highest BCUT2D eigenvalue weighted by Crippen LogP contribution is 2.32. The number of rotatable bonds is 10. The van der Waals surface area contributed by atoms with Crippen LogP contribution in [0.2, 0.25) is 0 Å². The second-order valence-corrected chi connectivity index (χ2v) is 11.7. The van der Waals surface area contributed by atoms with Gasteiger partial charge in [-0.3, -0.25) is 4.79 Å². The molecule has 0 radical (unpaired) electrons. The minimum Gasteiger partial charge on any atom is -0.376 e. The Bertz CT molecular complexity index is 1080. The van der Waals surface area contributed by atoms with E-state index in [0.717, 1.165) is 49.1 Å². The van der Waals surface area contributed by atoms with E-state index in [0.29, 0.717) is 19.6 Å². The zero-order chi connectivity index (χ0) is 23.6. The first-order chi connectivity index (χ1) is 15.7. The molecule has 1 saturated heterocycles. The Morgan fingerprint density at radius 3 is 2.64 bits per heavy atom. The van der Waals surface area contributed by atoms with Crippen LogP contribution >= 0.6 is 0 Å². The van der Waals surface area contributed by atoms with Gasteiger partial charge in [0.15, 0.2) is 0 Å². The zero-order valence-electron chi connectivity index (χ0n) is 19.9. The van der Waals surface area contributed by atoms with Crippen molar-refractivity contribution in [2.24, 2.45) is 11.8 Å². The third kappa shape index (κ3) is 5.84. The molecule has 2 aliphatic rings. The number of aryl methyl sites for hydroxylation is 1. The Morgan fingerprint density at radius 1 is 1.24 bits per heavy atom. The molecular weight excluding hydrogens is 438 g/mol. The molecular formula is C25H35N3O4S. The van der Waals surface area contributed by atoms with E-state index in [-0.39, 0.29) is 34.8 Å². The summed E-state index contributed by atoms with van der Waals surface area (Å²) < 4.78 is 34.4. The van der Waals surface area contributed by atoms with Crippen molar-refractivity contribution in [3.63, 3.8) is 0 Å². The molecule has 1 aromatic heterocycles. The van der Waals surface area contributed by atoms with Crippen molar-refractivity contribution >= 4 is 15.7 Å². The summed E-state index contributed by atoms with van der Waals surface area (Å²) in [6.07, 6.45) is 5.52. The van der Waals surface area contributed by atoms with Crippen molar-refractivity contribution in [3.05, 3.63) is 47.3 Å². The lowest BCUT2D eigenvalue weighted by Gasteiger charge is -2.26. The third-order valence-electron chi connectivity index (χ3n) is 6.37. The summed E-state index contributed by atoms with van der Waals surface area (Å²) >= 11 is 0. The van der Waals surface area contributed by atoms with Crippen LogP contribution in [-0.2, 0) is 38.2 Å². The number of carbonyl (C=O) groups excluding carboxylic acids is 1. The summed E-state index contributed by atoms with van der Waals surface area (Å²) in [4.78, 5) is 19.3. The topological polar surface area (TPSA) is 81.5 Å². The smallest absolute Gasteiger partial charge is 0.228 e. The van der Waals surface area contributed by atoms with Gasteiger partial charge in [-0.15, -0.1) is 0 Å². The molecule has 1 aliphatic heterocycles. The summed E-state index contributed by atoms with van der Waals surface area (Å²) in [6, 6.07) is 7.53. The molecule has 7 nitrogen and oxygen atoms in total. The largest absolute Gasteiger partial charge is 0.376 e. The Morgan fingerprint density at radius 2 is 2.00 bits per heavy atom. The SMILES string of the molecule is Cc1ccccc1CS(=O)(=O)c1ncc(CN(C[C@@H]2CCCO2)C(=O)C2CC2)n1CC(C)C. The average molecular weight is 474 g/mol. The summed E-state index contributed by atoms with van der Waals surface area (Å²) in [6.45, 7) is 8.21. The third-order valence-corrected chi connectivity index (χ3v) is 7.95. The molecule has 1 saturated carbocycles. The van der Waals surface area contributed by atoms with Crippen molar-refractivity contribution in [1.29, 1.82) is 0 Å². The normalized spacial score (nSPS) is 18.7. The van der Waals surface area contributed by atoms with E-state index >= 15 is 0 Å². The fourth-order valence-electron chi connectivity index (χ4n) is 4.42. The van der Waals surface area contributed by atoms with E-state index in [4.69, 9.17) is 4.74 Å². The van der Waals surface area contributed by atoms with Crippen LogP contribution in [0.15, 0.2) is 35.6 Å². The van der Waals surface area contributed by atoms with Crippen LogP contribution in [0, 0.1) is 18.8 Å². The van der Waals surface area contributed by atoms with Gasteiger partial charge < -0.3 is 14.2 Å². The summed E-state index contributed by atoms with van der Waals surface area (Å²) in [5, 5.41) is 0.0883. The second-order valence-electron chi connectivity index (χ2n) is 9.85. The number of amides is 1. The van der Waals surface area contributed by atoms with Gasteiger partial charge in [0.25, 0.3) is 0 Å². The van der Waals surface area contributed by atoms with Crippen LogP contribution < -0.4 is 0 Å². The number of benzene rings is 1. The van der Waals surface area contributed by atoms with Crippen molar-refractivity contribution in [3.8, 4) is 0 Å². The van der Waals surface area contributed by atoms with E-state index < -0.39 is 9.84 Å². The maximum absolute atomic E-state index is 13.4. The molecule has 2 fully saturated rings. The van der Waals surface area contributed by atoms with Crippen LogP contribution in [0.25, 0.3) is 0 Å². The Balaban J connectivity index is 1.62. The standard InChI is InChI=1S/C25H35N3O4S/c1-18(2)14-28-22(15-27(24(29)20-10-11-20)16-23-9-6-12-32-23)13-26-25(28)33(30,31)17-21-8-5-4-7-19(21)3/h4-5,7-8,13,18,20,23H,6,9-12,14-17H2,1-3H3/t23-/m0/s1. The van der Waals surface area contributed by atoms with Crippen LogP contribution in [0.1, 0.15) is 56.4 Å². The fourth-order valence-corrected chi connectivity index (χ4v) is 6.02. The zero-order valence-corrected chi connectivity index (χ0v) is 20.7. The Labute approximate surface area is 197 Å². The van der Waals surface area contributed by atoms with Gasteiger partial charge in [-0.05, 0) is 49.7 Å². The number of hydrogen-bond acceptors (Lipinski definition) is 5. The molecule has 1 aliphatic carbocycles. The number of carbonyl (C=O) groups is 1.